The van der Waals surface area contributed by atoms with Crippen molar-refractivity contribution >= 4 is 50.8 Å². The van der Waals surface area contributed by atoms with Crippen LogP contribution in [0.2, 0.25) is 10.0 Å². The Morgan fingerprint density at radius 1 is 1.06 bits per heavy atom. The molecule has 0 radical (unpaired) electrons. The molecule has 0 aromatic heterocycles. The molecule has 2 aromatic carbocycles. The summed E-state index contributed by atoms with van der Waals surface area (Å²) >= 11 is 12.4. The average molecular weight is 723 g/mol. The summed E-state index contributed by atoms with van der Waals surface area (Å²) < 4.78 is 73.0. The monoisotopic (exact) mass is 721 g/mol. The lowest BCUT2D eigenvalue weighted by atomic mass is 9.91. The molecule has 0 bridgehead atoms. The summed E-state index contributed by atoms with van der Waals surface area (Å²) in [6, 6.07) is 5.96. The van der Waals surface area contributed by atoms with E-state index in [1.807, 2.05) is 0 Å². The number of nitrogens with one attached hydrogen (secondary N) is 2. The summed E-state index contributed by atoms with van der Waals surface area (Å²) in [6.07, 6.45) is -3.61. The molecule has 2 amide bonds. The topological polar surface area (TPSA) is 122 Å². The van der Waals surface area contributed by atoms with E-state index < -0.39 is 39.2 Å². The van der Waals surface area contributed by atoms with Crippen molar-refractivity contribution < 1.29 is 40.7 Å². The van der Waals surface area contributed by atoms with Gasteiger partial charge in [-0.1, -0.05) is 30.1 Å². The van der Waals surface area contributed by atoms with Gasteiger partial charge in [0, 0.05) is 54.1 Å². The number of ketones is 1. The molecule has 0 unspecified atom stereocenters. The van der Waals surface area contributed by atoms with Crippen molar-refractivity contribution in [3.05, 3.63) is 62.6 Å². The van der Waals surface area contributed by atoms with Gasteiger partial charge in [-0.05, 0) is 88.0 Å². The van der Waals surface area contributed by atoms with Crippen LogP contribution in [0.25, 0.3) is 0 Å². The second-order valence-corrected chi connectivity index (χ2v) is 15.5. The fraction of sp³-hybridized carbons (Fsp3) is 0.531. The van der Waals surface area contributed by atoms with E-state index in [0.29, 0.717) is 25.8 Å². The van der Waals surface area contributed by atoms with E-state index >= 15 is 0 Å². The van der Waals surface area contributed by atoms with E-state index in [0.717, 1.165) is 12.1 Å². The number of alkyl halides is 3. The zero-order valence-corrected chi connectivity index (χ0v) is 29.1. The number of nitrogens with zero attached hydrogens (tertiary/aromatic N) is 1. The van der Waals surface area contributed by atoms with Crippen LogP contribution in [-0.2, 0) is 38.6 Å². The molecule has 0 aliphatic carbocycles. The Morgan fingerprint density at radius 3 is 2.40 bits per heavy atom. The first kappa shape index (κ1) is 38.6. The Labute approximate surface area is 283 Å². The van der Waals surface area contributed by atoms with Crippen molar-refractivity contribution in [2.45, 2.75) is 83.1 Å². The third-order valence-corrected chi connectivity index (χ3v) is 9.95. The first-order valence-corrected chi connectivity index (χ1v) is 17.6. The number of benzene rings is 2. The molecule has 1 aliphatic heterocycles. The van der Waals surface area contributed by atoms with Crippen LogP contribution in [0.15, 0.2) is 35.2 Å². The molecular weight excluding hydrogens is 682 g/mol. The second-order valence-electron chi connectivity index (χ2n) is 12.4. The minimum absolute atomic E-state index is 0.0372. The van der Waals surface area contributed by atoms with E-state index in [4.69, 9.17) is 27.9 Å². The zero-order valence-electron chi connectivity index (χ0n) is 26.7. The van der Waals surface area contributed by atoms with Crippen molar-refractivity contribution in [1.29, 1.82) is 0 Å². The van der Waals surface area contributed by atoms with Crippen LogP contribution in [0.5, 0.6) is 0 Å². The molecule has 1 heterocycles. The fourth-order valence-corrected chi connectivity index (χ4v) is 6.85. The SMILES string of the molecule is CCS(=O)(=O)c1ccc(Cl)cc1CNC(=O)c1cc(Cl)c(CN2CCC[C@H](C(=O)CCCNC(=O)OC(C)(C)C)C2)c(C(F)(F)F)c1. The molecule has 47 heavy (non-hydrogen) atoms. The van der Waals surface area contributed by atoms with Crippen LogP contribution in [0.1, 0.15) is 80.4 Å². The van der Waals surface area contributed by atoms with Crippen LogP contribution in [0.4, 0.5) is 18.0 Å². The molecule has 2 N–H and O–H groups in total. The zero-order chi connectivity index (χ0) is 35.2. The second kappa shape index (κ2) is 16.0. The number of alkyl carbamates (subject to hydrolysis) is 1. The summed E-state index contributed by atoms with van der Waals surface area (Å²) in [6.45, 7) is 7.17. The Morgan fingerprint density at radius 2 is 1.77 bits per heavy atom. The quantitative estimate of drug-likeness (QED) is 0.231. The Bertz CT molecular complexity index is 1580. The van der Waals surface area contributed by atoms with E-state index in [-0.39, 0.29) is 81.7 Å². The van der Waals surface area contributed by atoms with Crippen molar-refractivity contribution in [3.8, 4) is 0 Å². The van der Waals surface area contributed by atoms with Crippen LogP contribution >= 0.6 is 23.2 Å². The van der Waals surface area contributed by atoms with Gasteiger partial charge in [-0.2, -0.15) is 13.2 Å². The Kier molecular flexibility index (Phi) is 13.1. The number of sulfone groups is 1. The van der Waals surface area contributed by atoms with Gasteiger partial charge in [-0.15, -0.1) is 0 Å². The summed E-state index contributed by atoms with van der Waals surface area (Å²) in [5, 5.41) is 5.05. The number of amides is 2. The van der Waals surface area contributed by atoms with Gasteiger partial charge in [0.15, 0.2) is 9.84 Å². The van der Waals surface area contributed by atoms with Crippen molar-refractivity contribution in [2.24, 2.45) is 5.92 Å². The first-order valence-electron chi connectivity index (χ1n) is 15.2. The minimum atomic E-state index is -4.84. The van der Waals surface area contributed by atoms with Crippen molar-refractivity contribution in [3.63, 3.8) is 0 Å². The van der Waals surface area contributed by atoms with E-state index in [1.54, 1.807) is 25.7 Å². The van der Waals surface area contributed by atoms with Gasteiger partial charge in [0.25, 0.3) is 5.91 Å². The largest absolute Gasteiger partial charge is 0.444 e. The highest BCUT2D eigenvalue weighted by Crippen LogP contribution is 2.37. The highest BCUT2D eigenvalue weighted by Gasteiger charge is 2.37. The smallest absolute Gasteiger partial charge is 0.416 e. The minimum Gasteiger partial charge on any atom is -0.444 e. The number of carbonyl (C=O) groups excluding carboxylic acids is 3. The predicted molar refractivity (Wildman–Crippen MR) is 173 cm³/mol. The van der Waals surface area contributed by atoms with Gasteiger partial charge >= 0.3 is 12.3 Å². The van der Waals surface area contributed by atoms with Crippen molar-refractivity contribution in [2.75, 3.05) is 25.4 Å². The predicted octanol–water partition coefficient (Wildman–Crippen LogP) is 6.82. The lowest BCUT2D eigenvalue weighted by molar-refractivity contribution is -0.138. The molecule has 0 spiro atoms. The van der Waals surface area contributed by atoms with Crippen LogP contribution in [-0.4, -0.2) is 62.1 Å². The Balaban J connectivity index is 1.69. The summed E-state index contributed by atoms with van der Waals surface area (Å²) in [5.74, 6) is -1.49. The summed E-state index contributed by atoms with van der Waals surface area (Å²) in [5.41, 5.74) is -2.08. The highest BCUT2D eigenvalue weighted by molar-refractivity contribution is 7.91. The van der Waals surface area contributed by atoms with Gasteiger partial charge in [0.05, 0.1) is 16.2 Å². The Hall–Kier alpha value is -2.87. The summed E-state index contributed by atoms with van der Waals surface area (Å²) in [4.78, 5) is 39.4. The number of rotatable bonds is 12. The van der Waals surface area contributed by atoms with Gasteiger partial charge in [0.2, 0.25) is 0 Å². The standard InChI is InChI=1S/C32H40Cl2F3N3O6S/c1-5-47(44,45)28-11-10-23(33)14-22(28)17-39-29(42)21-15-25(32(35,36)37)24(26(34)16-21)19-40-13-7-8-20(18-40)27(41)9-6-12-38-30(43)46-31(2,3)4/h10-11,14-16,20H,5-9,12-13,17-19H2,1-4H3,(H,38,43)(H,39,42)/t20-/m0/s1. The van der Waals surface area contributed by atoms with Gasteiger partial charge in [0.1, 0.15) is 11.4 Å². The lowest BCUT2D eigenvalue weighted by Crippen LogP contribution is -2.39. The number of ether oxygens (including phenoxy) is 1. The molecule has 0 saturated carbocycles. The highest BCUT2D eigenvalue weighted by atomic mass is 35.5. The first-order chi connectivity index (χ1) is 21.8. The molecule has 2 aromatic rings. The molecule has 1 fully saturated rings. The normalized spacial score (nSPS) is 16.1. The van der Waals surface area contributed by atoms with E-state index in [2.05, 4.69) is 10.6 Å². The number of hydrogen-bond donors (Lipinski definition) is 2. The molecule has 1 aliphatic rings. The molecule has 15 heteroatoms. The maximum absolute atomic E-state index is 14.3. The van der Waals surface area contributed by atoms with Gasteiger partial charge in [-0.3, -0.25) is 14.5 Å². The van der Waals surface area contributed by atoms with Gasteiger partial charge < -0.3 is 15.4 Å². The fourth-order valence-electron chi connectivity index (χ4n) is 5.26. The maximum Gasteiger partial charge on any atom is 0.416 e. The van der Waals surface area contributed by atoms with E-state index in [1.165, 1.54) is 25.1 Å². The third kappa shape index (κ3) is 11.4. The maximum atomic E-state index is 14.3. The molecular formula is C32H40Cl2F3N3O6S. The average Bonchev–Trinajstić information content (AvgIpc) is 2.97. The summed E-state index contributed by atoms with van der Waals surface area (Å²) in [7, 11) is -3.66. The molecule has 1 saturated heterocycles. The number of halogens is 5. The van der Waals surface area contributed by atoms with Crippen LogP contribution < -0.4 is 10.6 Å². The number of Topliss-reactive ketones (excluding diaryl/α,β-unsaturated/α-hetero) is 1. The number of carbonyl (C=O) groups is 3. The van der Waals surface area contributed by atoms with Crippen molar-refractivity contribution in [1.82, 2.24) is 15.5 Å². The molecule has 260 valence electrons. The molecule has 3 rings (SSSR count). The molecule has 9 nitrogen and oxygen atoms in total. The van der Waals surface area contributed by atoms with Crippen LogP contribution in [0, 0.1) is 5.92 Å². The number of piperidine rings is 1. The van der Waals surface area contributed by atoms with E-state index in [9.17, 15) is 36.0 Å². The lowest BCUT2D eigenvalue weighted by Gasteiger charge is -2.33. The third-order valence-electron chi connectivity index (χ3n) is 7.55. The van der Waals surface area contributed by atoms with Gasteiger partial charge in [-0.25, -0.2) is 13.2 Å². The molecule has 1 atom stereocenters. The van der Waals surface area contributed by atoms with Crippen LogP contribution in [0.3, 0.4) is 0 Å². The number of hydrogen-bond acceptors (Lipinski definition) is 7. The number of likely N-dealkylation sites (tertiary alicyclic amines) is 1.